The molecule has 0 fully saturated rings. The van der Waals surface area contributed by atoms with E-state index in [1.807, 2.05) is 0 Å². The second-order valence-electron chi connectivity index (χ2n) is 7.21. The highest BCUT2D eigenvalue weighted by molar-refractivity contribution is 5.93. The van der Waals surface area contributed by atoms with Crippen molar-refractivity contribution < 1.29 is 41.9 Å². The molecule has 10 nitrogen and oxygen atoms in total. The molecular weight excluding hydrogens is 473 g/mol. The topological polar surface area (TPSA) is 143 Å². The minimum atomic E-state index is -5.93. The van der Waals surface area contributed by atoms with Crippen LogP contribution in [0.2, 0.25) is 0 Å². The molecule has 0 bridgehead atoms. The zero-order valence-electron chi connectivity index (χ0n) is 17.1. The first-order valence-corrected chi connectivity index (χ1v) is 9.43. The minimum absolute atomic E-state index is 0.101. The third-order valence-corrected chi connectivity index (χ3v) is 4.81. The van der Waals surface area contributed by atoms with Gasteiger partial charge in [0.05, 0.1) is 17.6 Å². The van der Waals surface area contributed by atoms with Gasteiger partial charge in [-0.1, -0.05) is 0 Å². The van der Waals surface area contributed by atoms with Gasteiger partial charge < -0.3 is 15.5 Å². The predicted octanol–water partition coefficient (Wildman–Crippen LogP) is 2.42. The summed E-state index contributed by atoms with van der Waals surface area (Å²) in [5, 5.41) is 36.4. The summed E-state index contributed by atoms with van der Waals surface area (Å²) >= 11 is 0. The molecule has 0 spiro atoms. The van der Waals surface area contributed by atoms with Gasteiger partial charge in [0.2, 0.25) is 0 Å². The number of hydrogen-bond donors (Lipinski definition) is 3. The van der Waals surface area contributed by atoms with Crippen LogP contribution in [0.15, 0.2) is 36.4 Å². The molecule has 2 unspecified atom stereocenters. The van der Waals surface area contributed by atoms with Gasteiger partial charge in [-0.15, -0.1) is 0 Å². The average Bonchev–Trinajstić information content (AvgIpc) is 3.19. The number of benzene rings is 1. The van der Waals surface area contributed by atoms with Crippen LogP contribution in [-0.2, 0) is 5.92 Å². The number of nitro groups is 1. The van der Waals surface area contributed by atoms with Crippen molar-refractivity contribution >= 4 is 17.2 Å². The van der Waals surface area contributed by atoms with Crippen molar-refractivity contribution in [3.8, 4) is 0 Å². The highest BCUT2D eigenvalue weighted by Gasteiger charge is 2.60. The lowest BCUT2D eigenvalue weighted by Gasteiger charge is -2.22. The van der Waals surface area contributed by atoms with E-state index in [1.165, 1.54) is 19.1 Å². The maximum atomic E-state index is 14.0. The Morgan fingerprint density at radius 3 is 2.35 bits per heavy atom. The van der Waals surface area contributed by atoms with Gasteiger partial charge in [0, 0.05) is 23.9 Å². The highest BCUT2D eigenvalue weighted by Crippen LogP contribution is 2.43. The summed E-state index contributed by atoms with van der Waals surface area (Å²) < 4.78 is 66.9. The summed E-state index contributed by atoms with van der Waals surface area (Å²) in [5.74, 6) is -6.40. The SMILES string of the molecule is Cc1cc(C(F)(F)C(F)(F)F)n2nc(C(=O)NC(CO)C(O)c3ccc([N+](=O)[O-])cc3)cc2n1. The van der Waals surface area contributed by atoms with Gasteiger partial charge in [-0.3, -0.25) is 14.9 Å². The molecule has 0 radical (unpaired) electrons. The van der Waals surface area contributed by atoms with E-state index < -0.39 is 58.7 Å². The zero-order chi connectivity index (χ0) is 25.4. The average molecular weight is 489 g/mol. The monoisotopic (exact) mass is 489 g/mol. The Labute approximate surface area is 186 Å². The first-order chi connectivity index (χ1) is 15.8. The Bertz CT molecular complexity index is 1230. The molecule has 15 heteroatoms. The molecule has 3 aromatic rings. The fourth-order valence-corrected chi connectivity index (χ4v) is 3.07. The molecule has 2 atom stereocenters. The molecule has 0 aliphatic heterocycles. The van der Waals surface area contributed by atoms with Crippen molar-refractivity contribution in [1.82, 2.24) is 19.9 Å². The number of hydrogen-bond acceptors (Lipinski definition) is 7. The molecule has 2 aromatic heterocycles. The van der Waals surface area contributed by atoms with Crippen molar-refractivity contribution in [2.45, 2.75) is 31.2 Å². The quantitative estimate of drug-likeness (QED) is 0.263. The summed E-state index contributed by atoms with van der Waals surface area (Å²) in [6, 6.07) is 4.56. The second-order valence-corrected chi connectivity index (χ2v) is 7.21. The Kier molecular flexibility index (Phi) is 6.53. The van der Waals surface area contributed by atoms with Gasteiger partial charge >= 0.3 is 12.1 Å². The minimum Gasteiger partial charge on any atom is -0.394 e. The van der Waals surface area contributed by atoms with E-state index in [-0.39, 0.29) is 21.5 Å². The lowest BCUT2D eigenvalue weighted by atomic mass is 10.0. The van der Waals surface area contributed by atoms with Crippen LogP contribution in [-0.4, -0.2) is 54.5 Å². The fraction of sp³-hybridized carbons (Fsp3) is 0.316. The van der Waals surface area contributed by atoms with E-state index in [4.69, 9.17) is 0 Å². The Morgan fingerprint density at radius 1 is 1.21 bits per heavy atom. The number of nitrogens with one attached hydrogen (secondary N) is 1. The van der Waals surface area contributed by atoms with Crippen LogP contribution in [0.3, 0.4) is 0 Å². The number of nitrogens with zero attached hydrogens (tertiary/aromatic N) is 4. The number of amides is 1. The van der Waals surface area contributed by atoms with Gasteiger partial charge in [-0.2, -0.15) is 27.1 Å². The number of fused-ring (bicyclic) bond motifs is 1. The lowest BCUT2D eigenvalue weighted by Crippen LogP contribution is -2.42. The zero-order valence-corrected chi connectivity index (χ0v) is 17.1. The summed E-state index contributed by atoms with van der Waals surface area (Å²) in [7, 11) is 0. The molecule has 3 N–H and O–H groups in total. The summed E-state index contributed by atoms with van der Waals surface area (Å²) in [4.78, 5) is 26.4. The van der Waals surface area contributed by atoms with Crippen LogP contribution in [0.25, 0.3) is 5.65 Å². The number of nitro benzene ring substituents is 1. The van der Waals surface area contributed by atoms with Gasteiger partial charge in [-0.05, 0) is 30.7 Å². The maximum Gasteiger partial charge on any atom is 0.459 e. The van der Waals surface area contributed by atoms with E-state index in [1.54, 1.807) is 0 Å². The number of aliphatic hydroxyl groups is 2. The van der Waals surface area contributed by atoms with E-state index in [0.717, 1.165) is 18.2 Å². The molecule has 2 heterocycles. The number of aromatic nitrogens is 3. The number of carbonyl (C=O) groups excluding carboxylic acids is 1. The van der Waals surface area contributed by atoms with Crippen LogP contribution in [0.1, 0.15) is 33.5 Å². The normalized spacial score (nSPS) is 14.1. The summed E-state index contributed by atoms with van der Waals surface area (Å²) in [6.45, 7) is 0.372. The van der Waals surface area contributed by atoms with Crippen molar-refractivity contribution in [2.75, 3.05) is 6.61 Å². The van der Waals surface area contributed by atoms with Crippen molar-refractivity contribution in [3.63, 3.8) is 0 Å². The predicted molar refractivity (Wildman–Crippen MR) is 104 cm³/mol. The third-order valence-electron chi connectivity index (χ3n) is 4.81. The van der Waals surface area contributed by atoms with Crippen LogP contribution >= 0.6 is 0 Å². The molecule has 3 rings (SSSR count). The van der Waals surface area contributed by atoms with Crippen molar-refractivity contribution in [3.05, 3.63) is 69.2 Å². The standard InChI is InChI=1S/C19H16F5N5O5/c1-9-6-14(18(20,21)19(22,23)24)28-15(25-9)7-12(27-28)17(32)26-13(8-30)16(31)10-2-4-11(5-3-10)29(33)34/h2-7,13,16,30-31H,8H2,1H3,(H,26,32). The number of carbonyl (C=O) groups is 1. The number of alkyl halides is 5. The van der Waals surface area contributed by atoms with Crippen LogP contribution in [0.4, 0.5) is 27.6 Å². The highest BCUT2D eigenvalue weighted by atomic mass is 19.4. The molecule has 1 amide bonds. The van der Waals surface area contributed by atoms with Crippen LogP contribution in [0.5, 0.6) is 0 Å². The number of rotatable bonds is 7. The molecule has 34 heavy (non-hydrogen) atoms. The maximum absolute atomic E-state index is 14.0. The number of aryl methyl sites for hydroxylation is 1. The second kappa shape index (κ2) is 8.90. The third kappa shape index (κ3) is 4.65. The van der Waals surface area contributed by atoms with E-state index in [0.29, 0.717) is 6.07 Å². The fourth-order valence-electron chi connectivity index (χ4n) is 3.07. The Morgan fingerprint density at radius 2 is 1.82 bits per heavy atom. The molecule has 0 saturated heterocycles. The largest absolute Gasteiger partial charge is 0.459 e. The first kappa shape index (κ1) is 24.9. The van der Waals surface area contributed by atoms with Gasteiger partial charge in [0.15, 0.2) is 11.3 Å². The lowest BCUT2D eigenvalue weighted by molar-refractivity contribution is -0.384. The van der Waals surface area contributed by atoms with E-state index in [2.05, 4.69) is 15.4 Å². The van der Waals surface area contributed by atoms with E-state index >= 15 is 0 Å². The molecular formula is C19H16F5N5O5. The Hall–Kier alpha value is -3.72. The number of non-ortho nitro benzene ring substituents is 1. The van der Waals surface area contributed by atoms with Crippen LogP contribution < -0.4 is 5.32 Å². The summed E-state index contributed by atoms with van der Waals surface area (Å²) in [5.41, 5.74) is -2.96. The van der Waals surface area contributed by atoms with E-state index in [9.17, 15) is 47.1 Å². The number of aliphatic hydroxyl groups excluding tert-OH is 2. The Balaban J connectivity index is 1.90. The molecule has 1 aromatic carbocycles. The molecule has 0 saturated carbocycles. The van der Waals surface area contributed by atoms with Crippen molar-refractivity contribution in [2.24, 2.45) is 0 Å². The van der Waals surface area contributed by atoms with Gasteiger partial charge in [0.1, 0.15) is 11.8 Å². The number of halogens is 5. The molecule has 182 valence electrons. The first-order valence-electron chi connectivity index (χ1n) is 9.43. The molecule has 0 aliphatic rings. The molecule has 0 aliphatic carbocycles. The summed E-state index contributed by atoms with van der Waals surface area (Å²) in [6.07, 6.45) is -7.48. The van der Waals surface area contributed by atoms with Gasteiger partial charge in [-0.25, -0.2) is 9.50 Å². The van der Waals surface area contributed by atoms with Gasteiger partial charge in [0.25, 0.3) is 11.6 Å². The van der Waals surface area contributed by atoms with Crippen LogP contribution in [0, 0.1) is 17.0 Å². The smallest absolute Gasteiger partial charge is 0.394 e. The van der Waals surface area contributed by atoms with Crippen molar-refractivity contribution in [1.29, 1.82) is 0 Å².